The molecule has 0 saturated carbocycles. The maximum Gasteiger partial charge on any atom is 0.318 e. The number of nitrogens with one attached hydrogen (secondary N) is 1. The Morgan fingerprint density at radius 1 is 1.32 bits per heavy atom. The lowest BCUT2D eigenvalue weighted by Crippen LogP contribution is -2.45. The molecule has 1 atom stereocenters. The van der Waals surface area contributed by atoms with Gasteiger partial charge in [0.15, 0.2) is 6.10 Å². The number of rotatable bonds is 6. The minimum Gasteiger partial charge on any atom is -0.390 e. The van der Waals surface area contributed by atoms with Crippen molar-refractivity contribution in [2.75, 3.05) is 6.54 Å². The highest BCUT2D eigenvalue weighted by molar-refractivity contribution is 6.30. The molecular formula is C21H23ClFN3O2. The Bertz CT molecular complexity index is 855. The van der Waals surface area contributed by atoms with Gasteiger partial charge in [0.25, 0.3) is 0 Å². The summed E-state index contributed by atoms with van der Waals surface area (Å²) in [6, 6.07) is 13.4. The Morgan fingerprint density at radius 3 is 2.75 bits per heavy atom. The highest BCUT2D eigenvalue weighted by Gasteiger charge is 2.27. The molecule has 1 unspecified atom stereocenters. The quantitative estimate of drug-likeness (QED) is 0.766. The number of carbonyl (C=O) groups is 1. The lowest BCUT2D eigenvalue weighted by atomic mass is 10.0. The van der Waals surface area contributed by atoms with Gasteiger partial charge in [-0.05, 0) is 49.2 Å². The van der Waals surface area contributed by atoms with E-state index in [1.165, 1.54) is 12.1 Å². The number of urea groups is 1. The van der Waals surface area contributed by atoms with Crippen molar-refractivity contribution in [1.29, 1.82) is 0 Å². The summed E-state index contributed by atoms with van der Waals surface area (Å²) in [6.45, 7) is 4.42. The Hall–Kier alpha value is -2.60. The molecule has 1 heterocycles. The van der Waals surface area contributed by atoms with Gasteiger partial charge in [-0.2, -0.15) is 0 Å². The summed E-state index contributed by atoms with van der Waals surface area (Å²) in [5.74, 6) is -0.327. The predicted octanol–water partition coefficient (Wildman–Crippen LogP) is 4.59. The molecule has 0 bridgehead atoms. The van der Waals surface area contributed by atoms with Gasteiger partial charge in [0.2, 0.25) is 0 Å². The first-order chi connectivity index (χ1) is 13.4. The number of halogens is 2. The van der Waals surface area contributed by atoms with E-state index in [0.717, 1.165) is 16.8 Å². The third-order valence-corrected chi connectivity index (χ3v) is 4.55. The Labute approximate surface area is 169 Å². The fraction of sp³-hybridized carbons (Fsp3) is 0.333. The molecule has 0 aromatic heterocycles. The largest absolute Gasteiger partial charge is 0.390 e. The lowest BCUT2D eigenvalue weighted by Gasteiger charge is -2.26. The van der Waals surface area contributed by atoms with E-state index in [2.05, 4.69) is 10.5 Å². The van der Waals surface area contributed by atoms with Crippen molar-refractivity contribution < 1.29 is 14.0 Å². The minimum absolute atomic E-state index is 0.00659. The minimum atomic E-state index is -0.327. The number of hydrogen-bond acceptors (Lipinski definition) is 3. The molecule has 1 aliphatic heterocycles. The van der Waals surface area contributed by atoms with E-state index in [4.69, 9.17) is 16.4 Å². The van der Waals surface area contributed by atoms with Crippen LogP contribution in [0.2, 0.25) is 5.02 Å². The molecule has 0 spiro atoms. The van der Waals surface area contributed by atoms with Gasteiger partial charge in [-0.25, -0.2) is 9.18 Å². The summed E-state index contributed by atoms with van der Waals surface area (Å²) in [7, 11) is 0. The van der Waals surface area contributed by atoms with E-state index >= 15 is 0 Å². The van der Waals surface area contributed by atoms with Gasteiger partial charge < -0.3 is 15.1 Å². The van der Waals surface area contributed by atoms with Crippen molar-refractivity contribution in [3.05, 3.63) is 70.5 Å². The molecule has 2 amide bonds. The molecule has 0 fully saturated rings. The van der Waals surface area contributed by atoms with Crippen molar-refractivity contribution in [3.63, 3.8) is 0 Å². The summed E-state index contributed by atoms with van der Waals surface area (Å²) in [6.07, 6.45) is 0.313. The molecule has 5 nitrogen and oxygen atoms in total. The monoisotopic (exact) mass is 403 g/mol. The van der Waals surface area contributed by atoms with Gasteiger partial charge in [0, 0.05) is 24.0 Å². The van der Waals surface area contributed by atoms with Gasteiger partial charge in [-0.3, -0.25) is 0 Å². The van der Waals surface area contributed by atoms with E-state index < -0.39 is 0 Å². The fourth-order valence-electron chi connectivity index (χ4n) is 3.00. The summed E-state index contributed by atoms with van der Waals surface area (Å²) in [5, 5.41) is 7.71. The number of benzene rings is 2. The van der Waals surface area contributed by atoms with Crippen molar-refractivity contribution in [1.82, 2.24) is 10.2 Å². The highest BCUT2D eigenvalue weighted by Crippen LogP contribution is 2.20. The van der Waals surface area contributed by atoms with E-state index in [1.54, 1.807) is 29.2 Å². The first kappa shape index (κ1) is 20.1. The summed E-state index contributed by atoms with van der Waals surface area (Å²) in [5.41, 5.74) is 2.47. The number of nitrogens with zero attached hydrogens (tertiary/aromatic N) is 2. The van der Waals surface area contributed by atoms with Crippen molar-refractivity contribution in [2.45, 2.75) is 39.0 Å². The molecule has 0 saturated heterocycles. The average molecular weight is 404 g/mol. The van der Waals surface area contributed by atoms with Crippen LogP contribution in [0.3, 0.4) is 0 Å². The van der Waals surface area contributed by atoms with E-state index in [-0.39, 0.29) is 30.5 Å². The van der Waals surface area contributed by atoms with Gasteiger partial charge in [0.05, 0.1) is 12.3 Å². The van der Waals surface area contributed by atoms with Crippen LogP contribution in [-0.2, 0) is 11.4 Å². The topological polar surface area (TPSA) is 53.9 Å². The molecule has 7 heteroatoms. The van der Waals surface area contributed by atoms with E-state index in [1.807, 2.05) is 26.0 Å². The van der Waals surface area contributed by atoms with Crippen LogP contribution in [-0.4, -0.2) is 35.3 Å². The summed E-state index contributed by atoms with van der Waals surface area (Å²) in [4.78, 5) is 19.8. The van der Waals surface area contributed by atoms with Gasteiger partial charge in [-0.15, -0.1) is 0 Å². The zero-order chi connectivity index (χ0) is 20.1. The first-order valence-corrected chi connectivity index (χ1v) is 9.57. The maximum atomic E-state index is 13.5. The Balaban J connectivity index is 1.67. The molecule has 1 aliphatic rings. The standard InChI is InChI=1S/C21H23ClFN3O2/c1-14(2)24-21(27)26(12-15-4-3-5-18(23)10-15)13-19-11-20(25-28-19)16-6-8-17(22)9-7-16/h3-10,14,19H,11-13H2,1-2H3,(H,24,27). The van der Waals surface area contributed by atoms with Gasteiger partial charge >= 0.3 is 6.03 Å². The highest BCUT2D eigenvalue weighted by atomic mass is 35.5. The molecule has 1 N–H and O–H groups in total. The third kappa shape index (κ3) is 5.45. The number of carbonyl (C=O) groups excluding carboxylic acids is 1. The van der Waals surface area contributed by atoms with Crippen LogP contribution in [0, 0.1) is 5.82 Å². The first-order valence-electron chi connectivity index (χ1n) is 9.19. The normalized spacial score (nSPS) is 15.9. The second kappa shape index (κ2) is 9.06. The van der Waals surface area contributed by atoms with Crippen molar-refractivity contribution in [2.24, 2.45) is 5.16 Å². The fourth-order valence-corrected chi connectivity index (χ4v) is 3.12. The molecule has 0 aliphatic carbocycles. The molecule has 28 heavy (non-hydrogen) atoms. The number of oxime groups is 1. The van der Waals surface area contributed by atoms with Crippen molar-refractivity contribution in [3.8, 4) is 0 Å². The Morgan fingerprint density at radius 2 is 2.07 bits per heavy atom. The molecule has 0 radical (unpaired) electrons. The van der Waals surface area contributed by atoms with Crippen LogP contribution in [0.5, 0.6) is 0 Å². The van der Waals surface area contributed by atoms with Gasteiger partial charge in [-0.1, -0.05) is 41.0 Å². The molecule has 2 aromatic rings. The van der Waals surface area contributed by atoms with E-state index in [0.29, 0.717) is 18.0 Å². The number of hydrogen-bond donors (Lipinski definition) is 1. The molecular weight excluding hydrogens is 381 g/mol. The third-order valence-electron chi connectivity index (χ3n) is 4.30. The van der Waals surface area contributed by atoms with Crippen LogP contribution in [0.25, 0.3) is 0 Å². The van der Waals surface area contributed by atoms with Crippen LogP contribution in [0.1, 0.15) is 31.4 Å². The molecule has 148 valence electrons. The SMILES string of the molecule is CC(C)NC(=O)N(Cc1cccc(F)c1)CC1CC(c2ccc(Cl)cc2)=NO1. The summed E-state index contributed by atoms with van der Waals surface area (Å²) < 4.78 is 13.5. The van der Waals surface area contributed by atoms with E-state index in [9.17, 15) is 9.18 Å². The predicted molar refractivity (Wildman–Crippen MR) is 108 cm³/mol. The van der Waals surface area contributed by atoms with Crippen molar-refractivity contribution >= 4 is 23.3 Å². The average Bonchev–Trinajstić information content (AvgIpc) is 3.10. The molecule has 3 rings (SSSR count). The Kier molecular flexibility index (Phi) is 6.52. The second-order valence-electron chi connectivity index (χ2n) is 7.09. The zero-order valence-electron chi connectivity index (χ0n) is 15.9. The zero-order valence-corrected chi connectivity index (χ0v) is 16.6. The van der Waals surface area contributed by atoms with Crippen LogP contribution < -0.4 is 5.32 Å². The summed E-state index contributed by atoms with van der Waals surface area (Å²) >= 11 is 5.93. The smallest absolute Gasteiger partial charge is 0.318 e. The second-order valence-corrected chi connectivity index (χ2v) is 7.53. The van der Waals surface area contributed by atoms with Crippen LogP contribution >= 0.6 is 11.6 Å². The van der Waals surface area contributed by atoms with Crippen LogP contribution in [0.15, 0.2) is 53.7 Å². The number of amides is 2. The van der Waals surface area contributed by atoms with Crippen LogP contribution in [0.4, 0.5) is 9.18 Å². The lowest BCUT2D eigenvalue weighted by molar-refractivity contribution is 0.0586. The molecule has 2 aromatic carbocycles. The van der Waals surface area contributed by atoms with Gasteiger partial charge in [0.1, 0.15) is 5.82 Å². The maximum absolute atomic E-state index is 13.5.